The van der Waals surface area contributed by atoms with E-state index < -0.39 is 32.1 Å². The summed E-state index contributed by atoms with van der Waals surface area (Å²) in [5, 5.41) is 23.3. The van der Waals surface area contributed by atoms with Crippen LogP contribution in [0.3, 0.4) is 0 Å². The molecule has 0 aliphatic carbocycles. The third-order valence-corrected chi connectivity index (χ3v) is 7.02. The lowest BCUT2D eigenvalue weighted by molar-refractivity contribution is 0.241. The predicted octanol–water partition coefficient (Wildman–Crippen LogP) is 0.391. The average Bonchev–Trinajstić information content (AvgIpc) is 2.68. The number of benzene rings is 2. The molecule has 4 amide bonds. The summed E-state index contributed by atoms with van der Waals surface area (Å²) in [6, 6.07) is 5.15. The maximum Gasteiger partial charge on any atom is 0.328 e. The van der Waals surface area contributed by atoms with Gasteiger partial charge in [-0.1, -0.05) is 12.1 Å². The topological polar surface area (TPSA) is 191 Å². The van der Waals surface area contributed by atoms with Crippen LogP contribution in [-0.4, -0.2) is 52.2 Å². The molecule has 2 aromatic rings. The number of sulfonamides is 2. The Morgan fingerprint density at radius 1 is 0.719 bits per heavy atom. The summed E-state index contributed by atoms with van der Waals surface area (Å²) >= 11 is 0. The van der Waals surface area contributed by atoms with Crippen LogP contribution in [0.15, 0.2) is 46.2 Å². The van der Waals surface area contributed by atoms with Gasteiger partial charge in [-0.15, -0.1) is 0 Å². The number of carbonyl (C=O) groups excluding carboxylic acids is 2. The molecule has 6 N–H and O–H groups in total. The van der Waals surface area contributed by atoms with Crippen molar-refractivity contribution in [2.75, 3.05) is 13.1 Å². The molecule has 32 heavy (non-hydrogen) atoms. The van der Waals surface area contributed by atoms with E-state index in [0.29, 0.717) is 11.1 Å². The Kier molecular flexibility index (Phi) is 7.53. The lowest BCUT2D eigenvalue weighted by Gasteiger charge is -2.12. The summed E-state index contributed by atoms with van der Waals surface area (Å²) in [7, 11) is -8.50. The number of hydrogen-bond acceptors (Lipinski definition) is 8. The molecule has 2 rings (SSSR count). The summed E-state index contributed by atoms with van der Waals surface area (Å²) in [4.78, 5) is 23.1. The minimum atomic E-state index is -4.25. The van der Waals surface area contributed by atoms with Crippen LogP contribution in [0.5, 0.6) is 11.5 Å². The van der Waals surface area contributed by atoms with E-state index in [2.05, 4.69) is 10.6 Å². The lowest BCUT2D eigenvalue weighted by Crippen LogP contribution is -2.45. The van der Waals surface area contributed by atoms with Crippen LogP contribution in [0.4, 0.5) is 9.59 Å². The highest BCUT2D eigenvalue weighted by atomic mass is 32.2. The average molecular weight is 487 g/mol. The molecule has 0 fully saturated rings. The molecule has 0 saturated carbocycles. The van der Waals surface area contributed by atoms with Gasteiger partial charge in [-0.05, 0) is 37.1 Å². The summed E-state index contributed by atoms with van der Waals surface area (Å²) in [5.41, 5.74) is 0.620. The van der Waals surface area contributed by atoms with Gasteiger partial charge in [0.1, 0.15) is 11.5 Å². The summed E-state index contributed by atoms with van der Waals surface area (Å²) in [5.74, 6) is -0.579. The van der Waals surface area contributed by atoms with Crippen molar-refractivity contribution in [1.29, 1.82) is 0 Å². The quantitative estimate of drug-likeness (QED) is 0.303. The minimum Gasteiger partial charge on any atom is -0.508 e. The first kappa shape index (κ1) is 24.7. The van der Waals surface area contributed by atoms with Gasteiger partial charge in [0.25, 0.3) is 20.0 Å². The SMILES string of the molecule is Cc1ccc(O)cc1S(=O)(=O)NC(=O)NCCNC(=O)NS(=O)(=O)c1cc(O)ccc1C. The molecular weight excluding hydrogens is 464 g/mol. The van der Waals surface area contributed by atoms with Crippen LogP contribution >= 0.6 is 0 Å². The maximum atomic E-state index is 12.3. The van der Waals surface area contributed by atoms with Crippen LogP contribution in [0.25, 0.3) is 0 Å². The van der Waals surface area contributed by atoms with Gasteiger partial charge in [0, 0.05) is 25.2 Å². The van der Waals surface area contributed by atoms with E-state index in [1.165, 1.54) is 38.1 Å². The monoisotopic (exact) mass is 486 g/mol. The molecule has 0 aliphatic rings. The van der Waals surface area contributed by atoms with Gasteiger partial charge in [0.2, 0.25) is 0 Å². The van der Waals surface area contributed by atoms with Gasteiger partial charge >= 0.3 is 12.1 Å². The zero-order valence-corrected chi connectivity index (χ0v) is 18.7. The molecule has 174 valence electrons. The highest BCUT2D eigenvalue weighted by molar-refractivity contribution is 7.90. The molecule has 0 aromatic heterocycles. The zero-order valence-electron chi connectivity index (χ0n) is 17.0. The molecule has 12 nitrogen and oxygen atoms in total. The summed E-state index contributed by atoms with van der Waals surface area (Å²) in [6.07, 6.45) is 0. The standard InChI is InChI=1S/C18H22N4O8S2/c1-11-3-5-13(23)9-15(11)31(27,28)21-17(25)19-7-8-20-18(26)22-32(29,30)16-10-14(24)6-4-12(16)2/h3-6,9-10,23-24H,7-8H2,1-2H3,(H2,19,21,25)(H2,20,22,26). The van der Waals surface area contributed by atoms with Crippen LogP contribution in [0.1, 0.15) is 11.1 Å². The number of amides is 4. The fourth-order valence-corrected chi connectivity index (χ4v) is 4.92. The van der Waals surface area contributed by atoms with Crippen molar-refractivity contribution in [1.82, 2.24) is 20.1 Å². The van der Waals surface area contributed by atoms with Crippen molar-refractivity contribution in [3.8, 4) is 11.5 Å². The molecule has 2 aromatic carbocycles. The molecule has 0 atom stereocenters. The number of phenols is 2. The number of aromatic hydroxyl groups is 2. The zero-order chi connectivity index (χ0) is 24.1. The van der Waals surface area contributed by atoms with Gasteiger partial charge in [-0.25, -0.2) is 35.9 Å². The first-order chi connectivity index (χ1) is 14.8. The largest absolute Gasteiger partial charge is 0.508 e. The molecule has 0 unspecified atom stereocenters. The first-order valence-electron chi connectivity index (χ1n) is 9.02. The van der Waals surface area contributed by atoms with Crippen molar-refractivity contribution >= 4 is 32.1 Å². The van der Waals surface area contributed by atoms with E-state index in [-0.39, 0.29) is 34.4 Å². The van der Waals surface area contributed by atoms with E-state index >= 15 is 0 Å². The predicted molar refractivity (Wildman–Crippen MR) is 113 cm³/mol. The molecule has 0 saturated heterocycles. The Labute approximate surface area is 184 Å². The second kappa shape index (κ2) is 9.74. The Hall–Kier alpha value is -3.52. The third kappa shape index (κ3) is 6.49. The number of nitrogens with one attached hydrogen (secondary N) is 4. The Morgan fingerprint density at radius 2 is 1.06 bits per heavy atom. The fourth-order valence-electron chi connectivity index (χ4n) is 2.53. The third-order valence-electron chi connectivity index (χ3n) is 4.07. The molecule has 0 bridgehead atoms. The highest BCUT2D eigenvalue weighted by Gasteiger charge is 2.21. The fraction of sp³-hybridized carbons (Fsp3) is 0.222. The number of aryl methyl sites for hydroxylation is 2. The smallest absolute Gasteiger partial charge is 0.328 e. The molecule has 14 heteroatoms. The molecule has 0 spiro atoms. The first-order valence-corrected chi connectivity index (χ1v) is 12.0. The number of rotatable bonds is 7. The van der Waals surface area contributed by atoms with Crippen LogP contribution in [0, 0.1) is 13.8 Å². The number of urea groups is 2. The Bertz CT molecular complexity index is 1150. The summed E-state index contributed by atoms with van der Waals surface area (Å²) in [6.45, 7) is 2.53. The van der Waals surface area contributed by atoms with Crippen molar-refractivity contribution in [3.05, 3.63) is 47.5 Å². The van der Waals surface area contributed by atoms with Crippen LogP contribution in [0.2, 0.25) is 0 Å². The van der Waals surface area contributed by atoms with Gasteiger partial charge in [-0.2, -0.15) is 0 Å². The van der Waals surface area contributed by atoms with E-state index in [9.17, 15) is 36.6 Å². The van der Waals surface area contributed by atoms with Crippen molar-refractivity contribution in [3.63, 3.8) is 0 Å². The van der Waals surface area contributed by atoms with Crippen LogP contribution in [-0.2, 0) is 20.0 Å². The van der Waals surface area contributed by atoms with Gasteiger partial charge in [-0.3, -0.25) is 0 Å². The van der Waals surface area contributed by atoms with Gasteiger partial charge in [0.15, 0.2) is 0 Å². The molecule has 0 aliphatic heterocycles. The normalized spacial score (nSPS) is 11.4. The second-order valence-corrected chi connectivity index (χ2v) is 9.92. The van der Waals surface area contributed by atoms with E-state index in [0.717, 1.165) is 12.1 Å². The number of phenolic OH excluding ortho intramolecular Hbond substituents is 2. The Morgan fingerprint density at radius 3 is 1.41 bits per heavy atom. The van der Waals surface area contributed by atoms with Gasteiger partial charge in [0.05, 0.1) is 9.79 Å². The highest BCUT2D eigenvalue weighted by Crippen LogP contribution is 2.21. The van der Waals surface area contributed by atoms with Crippen molar-refractivity contribution in [2.24, 2.45) is 0 Å². The second-order valence-electron chi connectivity index (χ2n) is 6.62. The summed E-state index contributed by atoms with van der Waals surface area (Å²) < 4.78 is 52.5. The number of hydrogen-bond donors (Lipinski definition) is 6. The molecule has 0 radical (unpaired) electrons. The minimum absolute atomic E-state index is 0.223. The van der Waals surface area contributed by atoms with Crippen LogP contribution < -0.4 is 20.1 Å². The van der Waals surface area contributed by atoms with Gasteiger partial charge < -0.3 is 20.8 Å². The van der Waals surface area contributed by atoms with E-state index in [4.69, 9.17) is 0 Å². The van der Waals surface area contributed by atoms with Crippen molar-refractivity contribution < 1.29 is 36.6 Å². The van der Waals surface area contributed by atoms with E-state index in [1.807, 2.05) is 0 Å². The maximum absolute atomic E-state index is 12.3. The van der Waals surface area contributed by atoms with Crippen molar-refractivity contribution in [2.45, 2.75) is 23.6 Å². The number of carbonyl (C=O) groups is 2. The molecule has 0 heterocycles. The van der Waals surface area contributed by atoms with E-state index in [1.54, 1.807) is 9.44 Å². The lowest BCUT2D eigenvalue weighted by atomic mass is 10.2. The Balaban J connectivity index is 1.85. The molecular formula is C18H22N4O8S2.